The number of carbonyl (C=O) groups is 1. The van der Waals surface area contributed by atoms with Crippen molar-refractivity contribution in [1.82, 2.24) is 25.3 Å². The number of nitrogens with zero attached hydrogens (tertiary/aromatic N) is 4. The van der Waals surface area contributed by atoms with Gasteiger partial charge in [-0.1, -0.05) is 22.9 Å². The van der Waals surface area contributed by atoms with Crippen LogP contribution in [0.2, 0.25) is 0 Å². The Morgan fingerprint density at radius 3 is 2.95 bits per heavy atom. The number of hydrogen-bond acceptors (Lipinski definition) is 4. The van der Waals surface area contributed by atoms with Gasteiger partial charge in [0, 0.05) is 11.8 Å². The van der Waals surface area contributed by atoms with Crippen molar-refractivity contribution in [2.24, 2.45) is 0 Å². The third kappa shape index (κ3) is 3.17. The van der Waals surface area contributed by atoms with E-state index in [9.17, 15) is 4.79 Å². The number of nitrogens with one attached hydrogen (secondary N) is 1. The minimum atomic E-state index is -0.125. The second kappa shape index (κ2) is 6.17. The van der Waals surface area contributed by atoms with Gasteiger partial charge in [0.2, 0.25) is 0 Å². The van der Waals surface area contributed by atoms with Crippen molar-refractivity contribution < 1.29 is 4.79 Å². The summed E-state index contributed by atoms with van der Waals surface area (Å²) in [5.41, 5.74) is 3.20. The highest BCUT2D eigenvalue weighted by atomic mass is 16.1. The van der Waals surface area contributed by atoms with Crippen molar-refractivity contribution in [2.75, 3.05) is 0 Å². The Kier molecular flexibility index (Phi) is 3.91. The van der Waals surface area contributed by atoms with Crippen LogP contribution in [0.4, 0.5) is 0 Å². The normalized spacial score (nSPS) is 10.4. The molecule has 0 aliphatic heterocycles. The molecule has 2 heterocycles. The van der Waals surface area contributed by atoms with Gasteiger partial charge in [-0.2, -0.15) is 0 Å². The largest absolute Gasteiger partial charge is 0.346 e. The van der Waals surface area contributed by atoms with E-state index in [1.807, 2.05) is 37.3 Å². The second-order valence-electron chi connectivity index (χ2n) is 4.92. The van der Waals surface area contributed by atoms with Crippen molar-refractivity contribution in [3.63, 3.8) is 0 Å². The first-order chi connectivity index (χ1) is 10.7. The molecule has 0 saturated heterocycles. The van der Waals surface area contributed by atoms with Gasteiger partial charge in [0.25, 0.3) is 5.91 Å². The zero-order valence-corrected chi connectivity index (χ0v) is 12.1. The predicted octanol–water partition coefficient (Wildman–Crippen LogP) is 1.90. The van der Waals surface area contributed by atoms with Crippen molar-refractivity contribution in [1.29, 1.82) is 0 Å². The number of hydrogen-bond donors (Lipinski definition) is 1. The fourth-order valence-corrected chi connectivity index (χ4v) is 2.05. The highest BCUT2D eigenvalue weighted by Gasteiger charge is 2.07. The van der Waals surface area contributed by atoms with Crippen LogP contribution < -0.4 is 5.32 Å². The Morgan fingerprint density at radius 2 is 2.18 bits per heavy atom. The van der Waals surface area contributed by atoms with Gasteiger partial charge in [0.1, 0.15) is 5.69 Å². The van der Waals surface area contributed by atoms with Crippen molar-refractivity contribution in [3.8, 4) is 5.69 Å². The lowest BCUT2D eigenvalue weighted by atomic mass is 10.1. The minimum absolute atomic E-state index is 0.125. The number of benzene rings is 1. The molecule has 6 heteroatoms. The minimum Gasteiger partial charge on any atom is -0.346 e. The van der Waals surface area contributed by atoms with Crippen LogP contribution in [0.3, 0.4) is 0 Å². The van der Waals surface area contributed by atoms with Crippen molar-refractivity contribution >= 4 is 5.91 Å². The van der Waals surface area contributed by atoms with Crippen molar-refractivity contribution in [2.45, 2.75) is 13.5 Å². The van der Waals surface area contributed by atoms with Crippen LogP contribution >= 0.6 is 0 Å². The molecular formula is C16H15N5O. The molecule has 0 unspecified atom stereocenters. The number of pyridine rings is 1. The van der Waals surface area contributed by atoms with Crippen LogP contribution in [0.25, 0.3) is 5.69 Å². The van der Waals surface area contributed by atoms with Crippen LogP contribution in [0.1, 0.15) is 21.6 Å². The van der Waals surface area contributed by atoms with Gasteiger partial charge in [-0.25, -0.2) is 4.68 Å². The Hall–Kier alpha value is -3.02. The summed E-state index contributed by atoms with van der Waals surface area (Å²) in [6.45, 7) is 2.28. The molecule has 3 rings (SSSR count). The van der Waals surface area contributed by atoms with Crippen LogP contribution in [-0.2, 0) is 6.54 Å². The molecule has 6 nitrogen and oxygen atoms in total. The summed E-state index contributed by atoms with van der Waals surface area (Å²) in [6, 6.07) is 11.2. The number of rotatable bonds is 4. The highest BCUT2D eigenvalue weighted by Crippen LogP contribution is 2.06. The molecule has 0 saturated carbocycles. The molecule has 110 valence electrons. The fourth-order valence-electron chi connectivity index (χ4n) is 2.05. The van der Waals surface area contributed by atoms with E-state index in [0.717, 1.165) is 11.3 Å². The summed E-state index contributed by atoms with van der Waals surface area (Å²) < 4.78 is 1.63. The summed E-state index contributed by atoms with van der Waals surface area (Å²) in [4.78, 5) is 16.1. The monoisotopic (exact) mass is 293 g/mol. The maximum absolute atomic E-state index is 12.1. The standard InChI is InChI=1S/C16H15N5O/c1-12-4-2-5-13(8-12)16(22)18-9-14-11-21(20-19-14)15-6-3-7-17-10-15/h2-8,10-11H,9H2,1H3,(H,18,22). The van der Waals surface area contributed by atoms with Gasteiger partial charge in [-0.05, 0) is 31.2 Å². The lowest BCUT2D eigenvalue weighted by Crippen LogP contribution is -2.23. The van der Waals surface area contributed by atoms with Gasteiger partial charge in [0.15, 0.2) is 0 Å². The first-order valence-corrected chi connectivity index (χ1v) is 6.89. The average Bonchev–Trinajstić information content (AvgIpc) is 3.02. The maximum Gasteiger partial charge on any atom is 0.251 e. The molecule has 0 fully saturated rings. The van der Waals surface area contributed by atoms with E-state index in [1.165, 1.54) is 0 Å². The molecule has 3 aromatic rings. The molecular weight excluding hydrogens is 278 g/mol. The zero-order chi connectivity index (χ0) is 15.4. The van der Waals surface area contributed by atoms with Gasteiger partial charge in [-0.15, -0.1) is 5.10 Å². The molecule has 1 N–H and O–H groups in total. The van der Waals surface area contributed by atoms with Gasteiger partial charge < -0.3 is 5.32 Å². The Bertz CT molecular complexity index is 782. The van der Waals surface area contributed by atoms with E-state index in [0.29, 0.717) is 17.8 Å². The number of aromatic nitrogens is 4. The maximum atomic E-state index is 12.1. The summed E-state index contributed by atoms with van der Waals surface area (Å²) in [6.07, 6.45) is 5.17. The lowest BCUT2D eigenvalue weighted by molar-refractivity contribution is 0.0950. The topological polar surface area (TPSA) is 72.7 Å². The molecule has 0 radical (unpaired) electrons. The van der Waals surface area contributed by atoms with E-state index in [-0.39, 0.29) is 5.91 Å². The van der Waals surface area contributed by atoms with Crippen LogP contribution in [0.5, 0.6) is 0 Å². The summed E-state index contributed by atoms with van der Waals surface area (Å²) >= 11 is 0. The third-order valence-electron chi connectivity index (χ3n) is 3.16. The first-order valence-electron chi connectivity index (χ1n) is 6.89. The predicted molar refractivity (Wildman–Crippen MR) is 81.5 cm³/mol. The molecule has 0 atom stereocenters. The summed E-state index contributed by atoms with van der Waals surface area (Å²) in [7, 11) is 0. The molecule has 2 aromatic heterocycles. The molecule has 0 aliphatic carbocycles. The fraction of sp³-hybridized carbons (Fsp3) is 0.125. The molecule has 22 heavy (non-hydrogen) atoms. The number of carbonyl (C=O) groups excluding carboxylic acids is 1. The Balaban J connectivity index is 1.65. The second-order valence-corrected chi connectivity index (χ2v) is 4.92. The summed E-state index contributed by atoms with van der Waals surface area (Å²) in [5.74, 6) is -0.125. The molecule has 0 spiro atoms. The van der Waals surface area contributed by atoms with Crippen LogP contribution in [-0.4, -0.2) is 25.9 Å². The molecule has 0 aliphatic rings. The van der Waals surface area contributed by atoms with E-state index in [4.69, 9.17) is 0 Å². The number of amides is 1. The van der Waals surface area contributed by atoms with E-state index >= 15 is 0 Å². The smallest absolute Gasteiger partial charge is 0.251 e. The zero-order valence-electron chi connectivity index (χ0n) is 12.1. The van der Waals surface area contributed by atoms with E-state index < -0.39 is 0 Å². The third-order valence-corrected chi connectivity index (χ3v) is 3.16. The quantitative estimate of drug-likeness (QED) is 0.797. The lowest BCUT2D eigenvalue weighted by Gasteiger charge is -2.03. The van der Waals surface area contributed by atoms with Gasteiger partial charge >= 0.3 is 0 Å². The van der Waals surface area contributed by atoms with E-state index in [1.54, 1.807) is 29.3 Å². The molecule has 0 bridgehead atoms. The van der Waals surface area contributed by atoms with E-state index in [2.05, 4.69) is 20.6 Å². The first kappa shape index (κ1) is 13.9. The summed E-state index contributed by atoms with van der Waals surface area (Å²) in [5, 5.41) is 10.9. The Labute approximate surface area is 127 Å². The van der Waals surface area contributed by atoms with Crippen LogP contribution in [0.15, 0.2) is 55.0 Å². The highest BCUT2D eigenvalue weighted by molar-refractivity contribution is 5.94. The van der Waals surface area contributed by atoms with Crippen LogP contribution in [0, 0.1) is 6.92 Å². The van der Waals surface area contributed by atoms with Gasteiger partial charge in [0.05, 0.1) is 24.6 Å². The van der Waals surface area contributed by atoms with Gasteiger partial charge in [-0.3, -0.25) is 9.78 Å². The SMILES string of the molecule is Cc1cccc(C(=O)NCc2cn(-c3cccnc3)nn2)c1. The number of aryl methyl sites for hydroxylation is 1. The molecule has 1 aromatic carbocycles. The average molecular weight is 293 g/mol. The molecule has 1 amide bonds. The Morgan fingerprint density at radius 1 is 1.27 bits per heavy atom. The van der Waals surface area contributed by atoms with Crippen molar-refractivity contribution in [3.05, 3.63) is 71.8 Å².